The second kappa shape index (κ2) is 10.3. The van der Waals surface area contributed by atoms with Crippen molar-refractivity contribution in [1.29, 1.82) is 0 Å². The van der Waals surface area contributed by atoms with Gasteiger partial charge in [0.15, 0.2) is 11.2 Å². The first-order valence-electron chi connectivity index (χ1n) is 8.45. The van der Waals surface area contributed by atoms with Crippen LogP contribution in [0.25, 0.3) is 0 Å². The second-order valence-corrected chi connectivity index (χ2v) is 6.00. The second-order valence-electron chi connectivity index (χ2n) is 5.59. The van der Waals surface area contributed by atoms with Gasteiger partial charge in [0.25, 0.3) is 5.91 Å². The van der Waals surface area contributed by atoms with Crippen LogP contribution in [0, 0.1) is 5.82 Å². The fourth-order valence-electron chi connectivity index (χ4n) is 2.09. The summed E-state index contributed by atoms with van der Waals surface area (Å²) in [5.41, 5.74) is 5.94. The van der Waals surface area contributed by atoms with Crippen molar-refractivity contribution >= 4 is 23.2 Å². The highest BCUT2D eigenvalue weighted by molar-refractivity contribution is 7.80. The molecule has 0 unspecified atom stereocenters. The number of carbonyl (C=O) groups excluding carboxylic acids is 1. The van der Waals surface area contributed by atoms with Crippen LogP contribution in [0.3, 0.4) is 0 Å². The molecule has 1 atom stereocenters. The molecule has 0 aliphatic rings. The summed E-state index contributed by atoms with van der Waals surface area (Å²) in [6, 6.07) is 13.1. The van der Waals surface area contributed by atoms with Crippen LogP contribution in [0.4, 0.5) is 4.39 Å². The van der Waals surface area contributed by atoms with Crippen molar-refractivity contribution in [3.63, 3.8) is 0 Å². The van der Waals surface area contributed by atoms with Crippen LogP contribution in [-0.4, -0.2) is 23.7 Å². The van der Waals surface area contributed by atoms with Crippen LogP contribution < -0.4 is 25.6 Å². The minimum absolute atomic E-state index is 0.237. The van der Waals surface area contributed by atoms with Gasteiger partial charge >= 0.3 is 0 Å². The molecular formula is C19H22FN3O3S. The van der Waals surface area contributed by atoms with Gasteiger partial charge in [0.05, 0.1) is 6.61 Å². The molecule has 0 fully saturated rings. The predicted molar refractivity (Wildman–Crippen MR) is 105 cm³/mol. The average Bonchev–Trinajstić information content (AvgIpc) is 2.67. The summed E-state index contributed by atoms with van der Waals surface area (Å²) >= 11 is 5.09. The van der Waals surface area contributed by atoms with Gasteiger partial charge < -0.3 is 14.8 Å². The lowest BCUT2D eigenvalue weighted by Gasteiger charge is -2.16. The Labute approximate surface area is 163 Å². The average molecular weight is 391 g/mol. The lowest BCUT2D eigenvalue weighted by Crippen LogP contribution is -2.50. The van der Waals surface area contributed by atoms with E-state index in [0.717, 1.165) is 11.3 Å². The maximum Gasteiger partial charge on any atom is 0.279 e. The topological polar surface area (TPSA) is 71.6 Å². The minimum atomic E-state index is -0.727. The van der Waals surface area contributed by atoms with Gasteiger partial charge in [-0.25, -0.2) is 4.39 Å². The van der Waals surface area contributed by atoms with Crippen LogP contribution in [-0.2, 0) is 11.3 Å². The SMILES string of the molecule is CCOc1ccc(O[C@H](C)C(=O)NNC(=S)NCc2ccc(F)cc2)cc1. The first kappa shape index (κ1) is 20.4. The van der Waals surface area contributed by atoms with Gasteiger partial charge in [-0.15, -0.1) is 0 Å². The van der Waals surface area contributed by atoms with Gasteiger partial charge in [-0.05, 0) is 68.0 Å². The van der Waals surface area contributed by atoms with E-state index >= 15 is 0 Å². The molecule has 0 saturated heterocycles. The number of nitrogens with one attached hydrogen (secondary N) is 3. The number of hydrazine groups is 1. The van der Waals surface area contributed by atoms with Crippen molar-refractivity contribution < 1.29 is 18.7 Å². The minimum Gasteiger partial charge on any atom is -0.494 e. The molecule has 27 heavy (non-hydrogen) atoms. The number of hydrogen-bond acceptors (Lipinski definition) is 4. The van der Waals surface area contributed by atoms with Crippen molar-refractivity contribution in [2.45, 2.75) is 26.5 Å². The third-order valence-electron chi connectivity index (χ3n) is 3.48. The molecule has 0 spiro atoms. The number of amides is 1. The maximum absolute atomic E-state index is 12.9. The number of rotatable bonds is 7. The maximum atomic E-state index is 12.9. The van der Waals surface area contributed by atoms with Crippen molar-refractivity contribution in [3.05, 3.63) is 59.9 Å². The van der Waals surface area contributed by atoms with Crippen molar-refractivity contribution in [1.82, 2.24) is 16.2 Å². The van der Waals surface area contributed by atoms with Crippen LogP contribution >= 0.6 is 12.2 Å². The van der Waals surface area contributed by atoms with Crippen molar-refractivity contribution in [3.8, 4) is 11.5 Å². The molecule has 8 heteroatoms. The lowest BCUT2D eigenvalue weighted by atomic mass is 10.2. The summed E-state index contributed by atoms with van der Waals surface area (Å²) in [5, 5.41) is 3.15. The molecule has 1 amide bonds. The zero-order valence-corrected chi connectivity index (χ0v) is 15.9. The van der Waals surface area contributed by atoms with Crippen LogP contribution in [0.5, 0.6) is 11.5 Å². The molecule has 0 aliphatic carbocycles. The quantitative estimate of drug-likeness (QED) is 0.498. The first-order chi connectivity index (χ1) is 13.0. The molecule has 144 valence electrons. The molecule has 0 aromatic heterocycles. The largest absolute Gasteiger partial charge is 0.494 e. The zero-order valence-electron chi connectivity index (χ0n) is 15.1. The summed E-state index contributed by atoms with van der Waals surface area (Å²) in [6.45, 7) is 4.52. The van der Waals surface area contributed by atoms with E-state index in [0.29, 0.717) is 18.9 Å². The Morgan fingerprint density at radius 3 is 2.33 bits per heavy atom. The molecular weight excluding hydrogens is 369 g/mol. The number of thiocarbonyl (C=S) groups is 1. The molecule has 0 bridgehead atoms. The third-order valence-corrected chi connectivity index (χ3v) is 3.73. The van der Waals surface area contributed by atoms with Gasteiger partial charge in [-0.1, -0.05) is 12.1 Å². The fourth-order valence-corrected chi connectivity index (χ4v) is 2.21. The Kier molecular flexibility index (Phi) is 7.81. The Hall–Kier alpha value is -2.87. The summed E-state index contributed by atoms with van der Waals surface area (Å²) in [4.78, 5) is 12.1. The highest BCUT2D eigenvalue weighted by Crippen LogP contribution is 2.18. The van der Waals surface area contributed by atoms with Gasteiger partial charge in [0, 0.05) is 6.54 Å². The smallest absolute Gasteiger partial charge is 0.279 e. The van der Waals surface area contributed by atoms with E-state index < -0.39 is 6.10 Å². The molecule has 2 aromatic rings. The Morgan fingerprint density at radius 1 is 1.07 bits per heavy atom. The molecule has 0 aliphatic heterocycles. The van der Waals surface area contributed by atoms with E-state index in [1.54, 1.807) is 43.3 Å². The lowest BCUT2D eigenvalue weighted by molar-refractivity contribution is -0.127. The van der Waals surface area contributed by atoms with Gasteiger partial charge in [-0.3, -0.25) is 15.6 Å². The van der Waals surface area contributed by atoms with Crippen LogP contribution in [0.15, 0.2) is 48.5 Å². The van der Waals surface area contributed by atoms with Crippen LogP contribution in [0.2, 0.25) is 0 Å². The van der Waals surface area contributed by atoms with Gasteiger partial charge in [0.1, 0.15) is 17.3 Å². The predicted octanol–water partition coefficient (Wildman–Crippen LogP) is 2.69. The monoisotopic (exact) mass is 391 g/mol. The number of carbonyl (C=O) groups is 1. The molecule has 2 rings (SSSR count). The first-order valence-corrected chi connectivity index (χ1v) is 8.86. The Balaban J connectivity index is 1.71. The molecule has 0 radical (unpaired) electrons. The standard InChI is InChI=1S/C19H22FN3O3S/c1-3-25-16-8-10-17(11-9-16)26-13(2)18(24)22-23-19(27)21-12-14-4-6-15(20)7-5-14/h4-11,13H,3,12H2,1-2H3,(H,22,24)(H2,21,23,27)/t13-/m1/s1. The summed E-state index contributed by atoms with van der Waals surface area (Å²) < 4.78 is 23.8. The van der Waals surface area contributed by atoms with Crippen molar-refractivity contribution in [2.24, 2.45) is 0 Å². The Morgan fingerprint density at radius 2 is 1.70 bits per heavy atom. The van der Waals surface area contributed by atoms with Crippen molar-refractivity contribution in [2.75, 3.05) is 6.61 Å². The van der Waals surface area contributed by atoms with E-state index in [1.807, 2.05) is 6.92 Å². The zero-order chi connectivity index (χ0) is 19.6. The summed E-state index contributed by atoms with van der Waals surface area (Å²) in [5.74, 6) is 0.613. The fraction of sp³-hybridized carbons (Fsp3) is 0.263. The number of hydrogen-bond donors (Lipinski definition) is 3. The molecule has 3 N–H and O–H groups in total. The van der Waals surface area contributed by atoms with E-state index in [2.05, 4.69) is 16.2 Å². The molecule has 2 aromatic carbocycles. The molecule has 0 saturated carbocycles. The Bertz CT molecular complexity index is 754. The summed E-state index contributed by atoms with van der Waals surface area (Å²) in [7, 11) is 0. The van der Waals surface area contributed by atoms with E-state index in [4.69, 9.17) is 21.7 Å². The molecule has 6 nitrogen and oxygen atoms in total. The van der Waals surface area contributed by atoms with E-state index in [1.165, 1.54) is 12.1 Å². The van der Waals surface area contributed by atoms with Crippen LogP contribution in [0.1, 0.15) is 19.4 Å². The molecule has 0 heterocycles. The van der Waals surface area contributed by atoms with E-state index in [-0.39, 0.29) is 16.8 Å². The number of halogens is 1. The summed E-state index contributed by atoms with van der Waals surface area (Å²) in [6.07, 6.45) is -0.727. The highest BCUT2D eigenvalue weighted by atomic mass is 32.1. The number of benzene rings is 2. The third kappa shape index (κ3) is 7.10. The number of ether oxygens (including phenoxy) is 2. The van der Waals surface area contributed by atoms with Gasteiger partial charge in [0.2, 0.25) is 0 Å². The highest BCUT2D eigenvalue weighted by Gasteiger charge is 2.14. The van der Waals surface area contributed by atoms with E-state index in [9.17, 15) is 9.18 Å². The van der Waals surface area contributed by atoms with Gasteiger partial charge in [-0.2, -0.15) is 0 Å². The normalized spacial score (nSPS) is 11.2.